The molecule has 3 aliphatic heterocycles. The van der Waals surface area contributed by atoms with E-state index in [-0.39, 0.29) is 51.8 Å². The zero-order valence-corrected chi connectivity index (χ0v) is 43.6. The average Bonchev–Trinajstić information content (AvgIpc) is 4.11. The maximum atomic E-state index is 17.2. The second kappa shape index (κ2) is 20.7. The van der Waals surface area contributed by atoms with Gasteiger partial charge in [-0.25, -0.2) is 0 Å². The van der Waals surface area contributed by atoms with E-state index in [0.29, 0.717) is 11.1 Å². The van der Waals surface area contributed by atoms with Gasteiger partial charge in [0.25, 0.3) is 0 Å². The summed E-state index contributed by atoms with van der Waals surface area (Å²) >= 11 is 9.37. The molecule has 378 valence electrons. The summed E-state index contributed by atoms with van der Waals surface area (Å²) in [6, 6.07) is 19.1. The van der Waals surface area contributed by atoms with Gasteiger partial charge in [0, 0.05) is 0 Å². The molecule has 2 aromatic carbocycles. The molecule has 7 heterocycles. The number of fused-ring (bicyclic) bond motifs is 4. The van der Waals surface area contributed by atoms with Crippen LogP contribution in [0.25, 0.3) is 22.3 Å². The third-order valence-corrected chi connectivity index (χ3v) is 21.6. The zero-order valence-electron chi connectivity index (χ0n) is 38.9. The summed E-state index contributed by atoms with van der Waals surface area (Å²) in [5.41, 5.74) is 7.37. The fraction of sp³-hybridized carbons (Fsp3) is 0.419. The number of hydrogen-bond donors (Lipinski definition) is 5. The van der Waals surface area contributed by atoms with Crippen molar-refractivity contribution in [1.82, 2.24) is 39.3 Å². The number of halogens is 1. The first-order chi connectivity index (χ1) is 33.9. The number of carbonyl (C=O) groups excluding carboxylic acids is 2. The van der Waals surface area contributed by atoms with Crippen molar-refractivity contribution in [2.45, 2.75) is 94.2 Å². The predicted octanol–water partition coefficient (Wildman–Crippen LogP) is 6.46. The number of carbonyl (C=O) groups is 2. The fourth-order valence-electron chi connectivity index (χ4n) is 7.99. The molecule has 4 aromatic heterocycles. The van der Waals surface area contributed by atoms with Crippen molar-refractivity contribution in [1.29, 1.82) is 5.26 Å². The van der Waals surface area contributed by atoms with Crippen molar-refractivity contribution >= 4 is 81.2 Å². The molecule has 3 fully saturated rings. The van der Waals surface area contributed by atoms with Gasteiger partial charge in [0.15, 0.2) is 0 Å². The number of nitriles is 1. The molecule has 6 aromatic rings. The van der Waals surface area contributed by atoms with Crippen molar-refractivity contribution in [2.24, 2.45) is 0 Å². The van der Waals surface area contributed by atoms with Crippen LogP contribution in [0.5, 0.6) is 0 Å². The average molecular weight is 1070 g/mol. The van der Waals surface area contributed by atoms with Crippen LogP contribution < -0.4 is 10.9 Å². The Kier molecular flexibility index (Phi) is 14.9. The molecule has 3 N–H and O–H groups in total. The van der Waals surface area contributed by atoms with Crippen LogP contribution in [-0.4, -0.2) is 121 Å². The molecule has 8 atom stereocenters. The summed E-state index contributed by atoms with van der Waals surface area (Å²) in [5.74, 6) is -0.854. The van der Waals surface area contributed by atoms with Crippen molar-refractivity contribution < 1.29 is 55.4 Å². The molecule has 0 aliphatic carbocycles. The van der Waals surface area contributed by atoms with Gasteiger partial charge in [-0.1, -0.05) is 36.4 Å². The van der Waals surface area contributed by atoms with Crippen molar-refractivity contribution in [2.75, 3.05) is 30.7 Å². The van der Waals surface area contributed by atoms with Crippen molar-refractivity contribution in [3.8, 4) is 6.07 Å². The molecule has 28 heteroatoms. The Bertz CT molecular complexity index is 2940. The normalized spacial score (nSPS) is 26.5. The summed E-state index contributed by atoms with van der Waals surface area (Å²) in [5, 5.41) is 9.12. The number of ether oxygens (including phenoxy) is 2. The molecule has 9 rings (SSSR count). The third kappa shape index (κ3) is 10.9. The van der Waals surface area contributed by atoms with Crippen LogP contribution in [0.3, 0.4) is 0 Å². The van der Waals surface area contributed by atoms with Crippen LogP contribution in [0.2, 0.25) is 18.1 Å². The van der Waals surface area contributed by atoms with Gasteiger partial charge in [-0.2, -0.15) is 0 Å². The molecule has 0 bridgehead atoms. The van der Waals surface area contributed by atoms with E-state index in [9.17, 15) is 19.7 Å². The molecular weight excluding hydrogens is 1020 g/mol. The number of aromatic nitrogens is 8. The van der Waals surface area contributed by atoms with E-state index in [0.717, 1.165) is 0 Å². The van der Waals surface area contributed by atoms with Crippen LogP contribution in [0.1, 0.15) is 71.5 Å². The number of benzene rings is 2. The van der Waals surface area contributed by atoms with E-state index in [2.05, 4.69) is 73.8 Å². The molecule has 22 nitrogen and oxygen atoms in total. The summed E-state index contributed by atoms with van der Waals surface area (Å²) in [4.78, 5) is 65.0. The standard InChI is InChI=1S/C43H52FN11O11P2S2Si/c1-43(2,3)71(4,5)66-38-35-28(63-37(38)31-33-40(49-22-47-31)55(24-51-33)53-42(57)26-15-10-7-11-16-26)20-61-68(70,59-18-12-17-45)65-34-27(19-60-67(58,69)64-35)62-36(29(34)44)30-32-39(48-21-46-30)54(23-50-32)52-41(56)25-13-8-6-9-14-25/h6-11,13-16,21-24,27-29,34-38,58,67-70H,12,18-20H2,1-5H3,(H,52,56)(H,53,57). The van der Waals surface area contributed by atoms with Gasteiger partial charge in [0.1, 0.15) is 0 Å². The quantitative estimate of drug-likeness (QED) is 0.0403. The van der Waals surface area contributed by atoms with Crippen LogP contribution in [-0.2, 0) is 36.5 Å². The van der Waals surface area contributed by atoms with Crippen molar-refractivity contribution in [3.05, 3.63) is 108 Å². The van der Waals surface area contributed by atoms with Crippen LogP contribution >= 0.6 is 38.8 Å². The molecule has 8 unspecified atom stereocenters. The predicted molar refractivity (Wildman–Crippen MR) is 268 cm³/mol. The van der Waals surface area contributed by atoms with E-state index in [4.69, 9.17) is 48.8 Å². The maximum absolute atomic E-state index is 17.2. The summed E-state index contributed by atoms with van der Waals surface area (Å²) in [7, 11) is -11.7. The van der Waals surface area contributed by atoms with Crippen LogP contribution in [0.4, 0.5) is 4.39 Å². The van der Waals surface area contributed by atoms with Gasteiger partial charge in [0.05, 0.1) is 0 Å². The van der Waals surface area contributed by atoms with Gasteiger partial charge in [-0.05, 0) is 0 Å². The Balaban J connectivity index is 1.04. The van der Waals surface area contributed by atoms with Gasteiger partial charge < -0.3 is 0 Å². The minimum atomic E-state index is -4.60. The number of rotatable bonds is 11. The molecule has 3 aliphatic rings. The van der Waals surface area contributed by atoms with Gasteiger partial charge >= 0.3 is 384 Å². The van der Waals surface area contributed by atoms with Gasteiger partial charge in [-0.15, -0.1) is 0 Å². The van der Waals surface area contributed by atoms with Crippen LogP contribution in [0.15, 0.2) is 86.0 Å². The Morgan fingerprint density at radius 2 is 1.34 bits per heavy atom. The molecule has 2 amide bonds. The van der Waals surface area contributed by atoms with E-state index in [1.54, 1.807) is 60.7 Å². The number of hydrogen-bond acceptors (Lipinski definition) is 20. The number of amides is 2. The van der Waals surface area contributed by atoms with Gasteiger partial charge in [-0.3, -0.25) is 0 Å². The first-order valence-corrected chi connectivity index (χ1v) is 31.4. The Morgan fingerprint density at radius 1 is 0.817 bits per heavy atom. The number of thiol groups is 2. The second-order valence-corrected chi connectivity index (χ2v) is 29.9. The topological polar surface area (TPSA) is 263 Å². The van der Waals surface area contributed by atoms with E-state index < -0.39 is 96.5 Å². The Morgan fingerprint density at radius 3 is 1.89 bits per heavy atom. The molecule has 3 saturated heterocycles. The minimum absolute atomic E-state index is 0.0184. The Labute approximate surface area is 418 Å². The summed E-state index contributed by atoms with van der Waals surface area (Å²) in [6.07, 6.45) is -5.65. The number of imidazole rings is 2. The van der Waals surface area contributed by atoms with E-state index >= 15 is 4.39 Å². The molecular formula is C43H52FN11O11P2S2Si. The molecule has 0 saturated carbocycles. The molecule has 0 spiro atoms. The molecule has 71 heavy (non-hydrogen) atoms. The van der Waals surface area contributed by atoms with E-state index in [1.807, 2.05) is 19.2 Å². The number of nitrogens with zero attached hydrogens (tertiary/aromatic N) is 9. The summed E-state index contributed by atoms with van der Waals surface area (Å²) in [6.45, 7) is 9.11. The number of nitrogens with one attached hydrogen (secondary N) is 2. The fourth-order valence-corrected chi connectivity index (χ4v) is 13.4. The van der Waals surface area contributed by atoms with E-state index in [1.165, 1.54) is 34.7 Å². The Hall–Kier alpha value is -4.68. The summed E-state index contributed by atoms with van der Waals surface area (Å²) < 4.78 is 71.7. The first kappa shape index (κ1) is 51.2. The van der Waals surface area contributed by atoms with Crippen LogP contribution in [0, 0.1) is 11.3 Å². The first-order valence-electron chi connectivity index (χ1n) is 22.4. The molecule has 0 radical (unpaired) electrons. The SMILES string of the molecule is CC(C)(C)[Si](C)(C)OC1C(c2ncnc3c2ncn3NC(=O)c2ccccc2)OC2CO[PH](S)(OCCC#N)OC3C(CO[PH](O)(S)OC21)OC(c1ncnc2c1ncn2NC(=O)c1ccccc1)C3F. The van der Waals surface area contributed by atoms with Gasteiger partial charge in [0.2, 0.25) is 0 Å². The zero-order chi connectivity index (χ0) is 50.3. The monoisotopic (exact) mass is 1070 g/mol. The number of alkyl halides is 1. The second-order valence-electron chi connectivity index (χ2n) is 18.3. The van der Waals surface area contributed by atoms with Crippen molar-refractivity contribution in [3.63, 3.8) is 0 Å². The third-order valence-electron chi connectivity index (χ3n) is 12.6.